The van der Waals surface area contributed by atoms with Gasteiger partial charge in [0.1, 0.15) is 0 Å². The second-order valence-electron chi connectivity index (χ2n) is 5.08. The maximum Gasteiger partial charge on any atom is 0.223 e. The summed E-state index contributed by atoms with van der Waals surface area (Å²) in [5.41, 5.74) is -0.143. The van der Waals surface area contributed by atoms with Crippen molar-refractivity contribution in [3.05, 3.63) is 35.4 Å². The van der Waals surface area contributed by atoms with Crippen molar-refractivity contribution in [2.24, 2.45) is 0 Å². The minimum absolute atomic E-state index is 0.0668. The Morgan fingerprint density at radius 1 is 1.37 bits per heavy atom. The predicted octanol–water partition coefficient (Wildman–Crippen LogP) is 1.88. The zero-order valence-corrected chi connectivity index (χ0v) is 10.8. The Morgan fingerprint density at radius 2 is 2.05 bits per heavy atom. The highest BCUT2D eigenvalue weighted by Gasteiger charge is 2.41. The largest absolute Gasteiger partial charge is 0.386 e. The van der Waals surface area contributed by atoms with Crippen LogP contribution in [0, 0.1) is 11.6 Å². The van der Waals surface area contributed by atoms with E-state index in [4.69, 9.17) is 0 Å². The summed E-state index contributed by atoms with van der Waals surface area (Å²) in [7, 11) is 0. The highest BCUT2D eigenvalue weighted by molar-refractivity contribution is 5.77. The summed E-state index contributed by atoms with van der Waals surface area (Å²) in [6.45, 7) is 2.60. The van der Waals surface area contributed by atoms with Crippen molar-refractivity contribution >= 4 is 5.91 Å². The second kappa shape index (κ2) is 5.25. The average Bonchev–Trinajstić information content (AvgIpc) is 2.36. The molecule has 1 fully saturated rings. The summed E-state index contributed by atoms with van der Waals surface area (Å²) in [5.74, 6) is -1.84. The first-order valence-electron chi connectivity index (χ1n) is 6.37. The van der Waals surface area contributed by atoms with Crippen LogP contribution in [0.1, 0.15) is 25.3 Å². The van der Waals surface area contributed by atoms with Gasteiger partial charge in [0, 0.05) is 6.42 Å². The number of hydrogen-bond donors (Lipinski definition) is 1. The Bertz CT molecular complexity index is 484. The lowest BCUT2D eigenvalue weighted by molar-refractivity contribution is -0.155. The number of carbonyl (C=O) groups excluding carboxylic acids is 1. The molecule has 3 nitrogen and oxygen atoms in total. The Hall–Kier alpha value is -1.49. The van der Waals surface area contributed by atoms with Gasteiger partial charge in [-0.05, 0) is 30.5 Å². The molecular formula is C14H17F2NO2. The molecule has 2 rings (SSSR count). The molecule has 0 atom stereocenters. The molecule has 0 unspecified atom stereocenters. The van der Waals surface area contributed by atoms with Gasteiger partial charge in [-0.1, -0.05) is 13.0 Å². The van der Waals surface area contributed by atoms with Gasteiger partial charge < -0.3 is 10.0 Å². The molecular weight excluding hydrogens is 252 g/mol. The number of β-amino-alcohol motifs (C(OH)–C–C–N with tert-alkyl or cyclic N) is 1. The van der Waals surface area contributed by atoms with Gasteiger partial charge in [-0.2, -0.15) is 0 Å². The van der Waals surface area contributed by atoms with Crippen LogP contribution < -0.4 is 0 Å². The van der Waals surface area contributed by atoms with Crippen molar-refractivity contribution in [3.8, 4) is 0 Å². The van der Waals surface area contributed by atoms with Crippen LogP contribution in [0.15, 0.2) is 18.2 Å². The number of halogens is 2. The minimum Gasteiger partial charge on any atom is -0.386 e. The number of aryl methyl sites for hydroxylation is 1. The van der Waals surface area contributed by atoms with Crippen LogP contribution in [0.25, 0.3) is 0 Å². The van der Waals surface area contributed by atoms with Gasteiger partial charge in [0.15, 0.2) is 11.6 Å². The predicted molar refractivity (Wildman–Crippen MR) is 66.5 cm³/mol. The lowest BCUT2D eigenvalue weighted by Gasteiger charge is -2.46. The molecule has 0 bridgehead atoms. The third-order valence-corrected chi connectivity index (χ3v) is 3.59. The molecule has 1 saturated heterocycles. The van der Waals surface area contributed by atoms with E-state index in [-0.39, 0.29) is 12.3 Å². The van der Waals surface area contributed by atoms with Crippen molar-refractivity contribution in [1.82, 2.24) is 4.90 Å². The van der Waals surface area contributed by atoms with Gasteiger partial charge in [0.2, 0.25) is 5.91 Å². The van der Waals surface area contributed by atoms with Crippen molar-refractivity contribution in [2.45, 2.75) is 31.8 Å². The normalized spacial score (nSPS) is 17.2. The first-order valence-corrected chi connectivity index (χ1v) is 6.37. The highest BCUT2D eigenvalue weighted by atomic mass is 19.2. The summed E-state index contributed by atoms with van der Waals surface area (Å²) in [4.78, 5) is 13.4. The monoisotopic (exact) mass is 269 g/mol. The Labute approximate surface area is 110 Å². The van der Waals surface area contributed by atoms with Crippen molar-refractivity contribution in [1.29, 1.82) is 0 Å². The van der Waals surface area contributed by atoms with E-state index in [2.05, 4.69) is 0 Å². The summed E-state index contributed by atoms with van der Waals surface area (Å²) in [5, 5.41) is 9.81. The van der Waals surface area contributed by atoms with Crippen molar-refractivity contribution in [3.63, 3.8) is 0 Å². The molecule has 1 N–H and O–H groups in total. The molecule has 1 heterocycles. The lowest BCUT2D eigenvalue weighted by atomic mass is 9.91. The van der Waals surface area contributed by atoms with Crippen molar-refractivity contribution < 1.29 is 18.7 Å². The van der Waals surface area contributed by atoms with Gasteiger partial charge in [-0.15, -0.1) is 0 Å². The van der Waals surface area contributed by atoms with E-state index in [1.807, 2.05) is 6.92 Å². The van der Waals surface area contributed by atoms with E-state index in [1.165, 1.54) is 6.07 Å². The summed E-state index contributed by atoms with van der Waals surface area (Å²) in [6.07, 6.45) is 1.24. The zero-order valence-electron chi connectivity index (χ0n) is 10.8. The third-order valence-electron chi connectivity index (χ3n) is 3.59. The molecule has 1 aromatic carbocycles. The number of hydrogen-bond acceptors (Lipinski definition) is 2. The van der Waals surface area contributed by atoms with E-state index >= 15 is 0 Å². The fourth-order valence-corrected chi connectivity index (χ4v) is 2.17. The van der Waals surface area contributed by atoms with E-state index in [1.54, 1.807) is 4.90 Å². The molecule has 1 amide bonds. The number of rotatable bonds is 4. The minimum atomic E-state index is -0.894. The molecule has 19 heavy (non-hydrogen) atoms. The van der Waals surface area contributed by atoms with E-state index < -0.39 is 17.2 Å². The number of nitrogens with zero attached hydrogens (tertiary/aromatic N) is 1. The summed E-state index contributed by atoms with van der Waals surface area (Å²) < 4.78 is 25.7. The fraction of sp³-hybridized carbons (Fsp3) is 0.500. The highest BCUT2D eigenvalue weighted by Crippen LogP contribution is 2.24. The number of carbonyl (C=O) groups is 1. The number of amides is 1. The molecule has 0 spiro atoms. The molecule has 0 saturated carbocycles. The Morgan fingerprint density at radius 3 is 2.63 bits per heavy atom. The quantitative estimate of drug-likeness (QED) is 0.906. The van der Waals surface area contributed by atoms with Gasteiger partial charge in [-0.25, -0.2) is 8.78 Å². The van der Waals surface area contributed by atoms with Crippen LogP contribution >= 0.6 is 0 Å². The molecule has 1 aliphatic heterocycles. The molecule has 0 aromatic heterocycles. The van der Waals surface area contributed by atoms with Gasteiger partial charge in [0.05, 0.1) is 18.7 Å². The summed E-state index contributed by atoms with van der Waals surface area (Å²) in [6, 6.07) is 3.65. The van der Waals surface area contributed by atoms with Crippen LogP contribution in [-0.4, -0.2) is 34.6 Å². The van der Waals surface area contributed by atoms with E-state index in [0.29, 0.717) is 31.5 Å². The second-order valence-corrected chi connectivity index (χ2v) is 5.08. The molecule has 0 aliphatic carbocycles. The Balaban J connectivity index is 1.83. The van der Waals surface area contributed by atoms with Crippen LogP contribution in [0.3, 0.4) is 0 Å². The van der Waals surface area contributed by atoms with Crippen LogP contribution in [-0.2, 0) is 11.2 Å². The number of likely N-dealkylation sites (tertiary alicyclic amines) is 1. The van der Waals surface area contributed by atoms with Crippen LogP contribution in [0.2, 0.25) is 0 Å². The van der Waals surface area contributed by atoms with Crippen LogP contribution in [0.4, 0.5) is 8.78 Å². The molecule has 104 valence electrons. The standard InChI is InChI=1S/C14H17F2NO2/c1-2-14(19)8-17(9-14)13(18)6-4-10-3-5-11(15)12(16)7-10/h3,5,7,19H,2,4,6,8-9H2,1H3. The first-order chi connectivity index (χ1) is 8.93. The SMILES string of the molecule is CCC1(O)CN(C(=O)CCc2ccc(F)c(F)c2)C1. The van der Waals surface area contributed by atoms with Crippen molar-refractivity contribution in [2.75, 3.05) is 13.1 Å². The maximum absolute atomic E-state index is 13.0. The zero-order chi connectivity index (χ0) is 14.0. The molecule has 5 heteroatoms. The molecule has 1 aliphatic rings. The van der Waals surface area contributed by atoms with Gasteiger partial charge in [0.25, 0.3) is 0 Å². The fourth-order valence-electron chi connectivity index (χ4n) is 2.17. The van der Waals surface area contributed by atoms with Gasteiger partial charge >= 0.3 is 0 Å². The molecule has 1 aromatic rings. The van der Waals surface area contributed by atoms with E-state index in [0.717, 1.165) is 12.1 Å². The average molecular weight is 269 g/mol. The smallest absolute Gasteiger partial charge is 0.223 e. The first kappa shape index (κ1) is 13.9. The van der Waals surface area contributed by atoms with Crippen LogP contribution in [0.5, 0.6) is 0 Å². The Kier molecular flexibility index (Phi) is 3.85. The number of benzene rings is 1. The summed E-state index contributed by atoms with van der Waals surface area (Å²) >= 11 is 0. The maximum atomic E-state index is 13.0. The molecule has 0 radical (unpaired) electrons. The van der Waals surface area contributed by atoms with Gasteiger partial charge in [-0.3, -0.25) is 4.79 Å². The lowest BCUT2D eigenvalue weighted by Crippen LogP contribution is -2.63. The van der Waals surface area contributed by atoms with E-state index in [9.17, 15) is 18.7 Å². The third kappa shape index (κ3) is 3.10. The topological polar surface area (TPSA) is 40.5 Å². The number of aliphatic hydroxyl groups is 1.